The number of nitrogens with zero attached hydrogens (tertiary/aromatic N) is 1. The van der Waals surface area contributed by atoms with E-state index in [9.17, 15) is 13.2 Å². The Hall–Kier alpha value is -1.77. The van der Waals surface area contributed by atoms with Crippen LogP contribution in [0.3, 0.4) is 0 Å². The molecule has 112 valence electrons. The lowest BCUT2D eigenvalue weighted by atomic mass is 10.1. The minimum Gasteiger partial charge on any atom is -0.478 e. The molecule has 0 saturated carbocycles. The number of carbonyl (C=O) groups is 1. The smallest absolute Gasteiger partial charge is 0.335 e. The second-order valence-corrected chi connectivity index (χ2v) is 7.53. The minimum atomic E-state index is -3.78. The first-order chi connectivity index (χ1) is 9.79. The molecule has 0 aliphatic heterocycles. The zero-order valence-electron chi connectivity index (χ0n) is 11.5. The van der Waals surface area contributed by atoms with Crippen LogP contribution in [-0.4, -0.2) is 24.5 Å². The molecule has 0 aliphatic rings. The van der Waals surface area contributed by atoms with Crippen molar-refractivity contribution in [2.24, 2.45) is 0 Å². The quantitative estimate of drug-likeness (QED) is 0.875. The molecule has 0 amide bonds. The van der Waals surface area contributed by atoms with Crippen molar-refractivity contribution >= 4 is 27.3 Å². The van der Waals surface area contributed by atoms with Crippen molar-refractivity contribution in [1.82, 2.24) is 9.71 Å². The summed E-state index contributed by atoms with van der Waals surface area (Å²) < 4.78 is 27.0. The highest BCUT2D eigenvalue weighted by Gasteiger charge is 2.19. The van der Waals surface area contributed by atoms with Crippen LogP contribution in [0, 0.1) is 13.8 Å². The van der Waals surface area contributed by atoms with Crippen molar-refractivity contribution in [3.8, 4) is 0 Å². The molecule has 1 heterocycles. The van der Waals surface area contributed by atoms with Gasteiger partial charge in [0, 0.05) is 11.1 Å². The van der Waals surface area contributed by atoms with Gasteiger partial charge in [0.1, 0.15) is 5.01 Å². The molecule has 21 heavy (non-hydrogen) atoms. The molecule has 1 aromatic heterocycles. The number of benzene rings is 1. The maximum Gasteiger partial charge on any atom is 0.335 e. The number of aromatic nitrogens is 1. The molecule has 8 heteroatoms. The van der Waals surface area contributed by atoms with Gasteiger partial charge in [-0.3, -0.25) is 0 Å². The second kappa shape index (κ2) is 5.92. The van der Waals surface area contributed by atoms with E-state index in [0.717, 1.165) is 10.9 Å². The molecule has 2 aromatic rings. The molecule has 6 nitrogen and oxygen atoms in total. The molecule has 0 atom stereocenters. The maximum atomic E-state index is 12.3. The molecule has 2 N–H and O–H groups in total. The number of hydrogen-bond acceptors (Lipinski definition) is 5. The zero-order valence-corrected chi connectivity index (χ0v) is 13.1. The van der Waals surface area contributed by atoms with Crippen LogP contribution < -0.4 is 4.72 Å². The Morgan fingerprint density at radius 3 is 2.67 bits per heavy atom. The Morgan fingerprint density at radius 2 is 2.10 bits per heavy atom. The van der Waals surface area contributed by atoms with Crippen molar-refractivity contribution in [3.05, 3.63) is 45.4 Å². The Balaban J connectivity index is 2.26. The van der Waals surface area contributed by atoms with Crippen molar-refractivity contribution in [1.29, 1.82) is 0 Å². The van der Waals surface area contributed by atoms with Gasteiger partial charge in [-0.15, -0.1) is 11.3 Å². The lowest BCUT2D eigenvalue weighted by molar-refractivity contribution is 0.0696. The van der Waals surface area contributed by atoms with Crippen LogP contribution in [-0.2, 0) is 16.6 Å². The highest BCUT2D eigenvalue weighted by molar-refractivity contribution is 7.89. The predicted molar refractivity (Wildman–Crippen MR) is 79.0 cm³/mol. The van der Waals surface area contributed by atoms with Gasteiger partial charge in [-0.1, -0.05) is 6.07 Å². The van der Waals surface area contributed by atoms with Gasteiger partial charge in [-0.25, -0.2) is 22.9 Å². The van der Waals surface area contributed by atoms with Crippen molar-refractivity contribution < 1.29 is 18.3 Å². The minimum absolute atomic E-state index is 0.0318. The van der Waals surface area contributed by atoms with E-state index in [1.807, 2.05) is 6.92 Å². The van der Waals surface area contributed by atoms with E-state index in [2.05, 4.69) is 9.71 Å². The first-order valence-electron chi connectivity index (χ1n) is 6.04. The summed E-state index contributed by atoms with van der Waals surface area (Å²) in [6.45, 7) is 3.58. The van der Waals surface area contributed by atoms with Crippen LogP contribution in [0.5, 0.6) is 0 Å². The van der Waals surface area contributed by atoms with E-state index in [-0.39, 0.29) is 17.0 Å². The van der Waals surface area contributed by atoms with E-state index in [4.69, 9.17) is 5.11 Å². The number of carboxylic acids is 1. The van der Waals surface area contributed by atoms with Gasteiger partial charge < -0.3 is 5.11 Å². The van der Waals surface area contributed by atoms with Gasteiger partial charge in [0.15, 0.2) is 0 Å². The first-order valence-corrected chi connectivity index (χ1v) is 8.34. The normalized spacial score (nSPS) is 11.5. The fourth-order valence-electron chi connectivity index (χ4n) is 1.74. The zero-order chi connectivity index (χ0) is 15.6. The third-order valence-electron chi connectivity index (χ3n) is 2.81. The summed E-state index contributed by atoms with van der Waals surface area (Å²) in [6, 6.07) is 4.01. The van der Waals surface area contributed by atoms with E-state index < -0.39 is 16.0 Å². The molecule has 0 fully saturated rings. The maximum absolute atomic E-state index is 12.3. The summed E-state index contributed by atoms with van der Waals surface area (Å²) in [5, 5.41) is 9.61. The average molecular weight is 326 g/mol. The third kappa shape index (κ3) is 3.66. The lowest BCUT2D eigenvalue weighted by Crippen LogP contribution is -2.24. The SMILES string of the molecule is Cc1cnc(CNS(=O)(=O)c2cc(C(=O)O)ccc2C)s1. The number of aryl methyl sites for hydroxylation is 2. The standard InChI is InChI=1S/C13H14N2O4S2/c1-8-3-4-10(13(16)17)5-11(8)21(18,19)15-7-12-14-6-9(2)20-12/h3-6,15H,7H2,1-2H3,(H,16,17). The fraction of sp³-hybridized carbons (Fsp3) is 0.231. The molecular weight excluding hydrogens is 312 g/mol. The molecule has 0 aliphatic carbocycles. The number of hydrogen-bond donors (Lipinski definition) is 2. The Labute approximate surface area is 126 Å². The Bertz CT molecular complexity index is 781. The van der Waals surface area contributed by atoms with E-state index >= 15 is 0 Å². The van der Waals surface area contributed by atoms with Crippen LogP contribution >= 0.6 is 11.3 Å². The molecule has 0 unspecified atom stereocenters. The van der Waals surface area contributed by atoms with Crippen LogP contribution in [0.15, 0.2) is 29.3 Å². The predicted octanol–water partition coefficient (Wildman–Crippen LogP) is 1.94. The van der Waals surface area contributed by atoms with Crippen LogP contribution in [0.25, 0.3) is 0 Å². The second-order valence-electron chi connectivity index (χ2n) is 4.47. The molecule has 0 radical (unpaired) electrons. The number of carboxylic acid groups (broad SMARTS) is 1. The summed E-state index contributed by atoms with van der Waals surface area (Å²) >= 11 is 1.40. The molecular formula is C13H14N2O4S2. The molecule has 0 spiro atoms. The third-order valence-corrected chi connectivity index (χ3v) is 5.26. The largest absolute Gasteiger partial charge is 0.478 e. The number of nitrogens with one attached hydrogen (secondary N) is 1. The van der Waals surface area contributed by atoms with Gasteiger partial charge in [-0.2, -0.15) is 0 Å². The molecule has 2 rings (SSSR count). The number of rotatable bonds is 5. The van der Waals surface area contributed by atoms with Gasteiger partial charge in [0.25, 0.3) is 0 Å². The summed E-state index contributed by atoms with van der Waals surface area (Å²) in [5.41, 5.74) is 0.425. The Morgan fingerprint density at radius 1 is 1.38 bits per heavy atom. The molecule has 1 aromatic carbocycles. The van der Waals surface area contributed by atoms with Crippen LogP contribution in [0.4, 0.5) is 0 Å². The van der Waals surface area contributed by atoms with Crippen molar-refractivity contribution in [2.45, 2.75) is 25.3 Å². The number of sulfonamides is 1. The van der Waals surface area contributed by atoms with Gasteiger partial charge in [0.05, 0.1) is 17.0 Å². The van der Waals surface area contributed by atoms with E-state index in [1.54, 1.807) is 13.1 Å². The van der Waals surface area contributed by atoms with Crippen LogP contribution in [0.2, 0.25) is 0 Å². The summed E-state index contributed by atoms with van der Waals surface area (Å²) in [6.07, 6.45) is 1.67. The number of aromatic carboxylic acids is 1. The van der Waals surface area contributed by atoms with Gasteiger partial charge in [-0.05, 0) is 31.5 Å². The summed E-state index contributed by atoms with van der Waals surface area (Å²) in [4.78, 5) is 16.0. The van der Waals surface area contributed by atoms with Crippen molar-refractivity contribution in [3.63, 3.8) is 0 Å². The van der Waals surface area contributed by atoms with Gasteiger partial charge in [0.2, 0.25) is 10.0 Å². The molecule has 0 bridgehead atoms. The topological polar surface area (TPSA) is 96.4 Å². The summed E-state index contributed by atoms with van der Waals surface area (Å²) in [5.74, 6) is -1.16. The lowest BCUT2D eigenvalue weighted by Gasteiger charge is -2.09. The highest BCUT2D eigenvalue weighted by atomic mass is 32.2. The Kier molecular flexibility index (Phi) is 4.40. The molecule has 0 saturated heterocycles. The van der Waals surface area contributed by atoms with Crippen LogP contribution in [0.1, 0.15) is 25.8 Å². The highest BCUT2D eigenvalue weighted by Crippen LogP contribution is 2.18. The monoisotopic (exact) mass is 326 g/mol. The number of thiazole rings is 1. The van der Waals surface area contributed by atoms with Gasteiger partial charge >= 0.3 is 5.97 Å². The summed E-state index contributed by atoms with van der Waals surface area (Å²) in [7, 11) is -3.78. The van der Waals surface area contributed by atoms with E-state index in [1.165, 1.54) is 23.5 Å². The fourth-order valence-corrected chi connectivity index (χ4v) is 3.81. The van der Waals surface area contributed by atoms with E-state index in [0.29, 0.717) is 10.6 Å². The average Bonchev–Trinajstić information content (AvgIpc) is 2.82. The van der Waals surface area contributed by atoms with Crippen molar-refractivity contribution in [2.75, 3.05) is 0 Å². The first kappa shape index (κ1) is 15.6.